The van der Waals surface area contributed by atoms with Crippen LogP contribution >= 0.6 is 0 Å². The van der Waals surface area contributed by atoms with Crippen molar-refractivity contribution in [3.05, 3.63) is 29.7 Å². The SMILES string of the molecule is COc1ccc(N(C)C(=O)CNS(=O)(=O)c2c(C)noc2C)cc1OC. The number of ether oxygens (including phenoxy) is 2. The summed E-state index contributed by atoms with van der Waals surface area (Å²) in [5.41, 5.74) is 0.764. The van der Waals surface area contributed by atoms with E-state index in [-0.39, 0.29) is 16.3 Å². The van der Waals surface area contributed by atoms with E-state index in [2.05, 4.69) is 9.88 Å². The van der Waals surface area contributed by atoms with Crippen molar-refractivity contribution < 1.29 is 27.2 Å². The van der Waals surface area contributed by atoms with Crippen LogP contribution in [-0.2, 0) is 14.8 Å². The fourth-order valence-corrected chi connectivity index (χ4v) is 3.68. The number of sulfonamides is 1. The summed E-state index contributed by atoms with van der Waals surface area (Å²) in [6.07, 6.45) is 0. The van der Waals surface area contributed by atoms with E-state index >= 15 is 0 Å². The Kier molecular flexibility index (Phi) is 5.88. The van der Waals surface area contributed by atoms with E-state index in [1.807, 2.05) is 0 Å². The van der Waals surface area contributed by atoms with Gasteiger partial charge in [-0.25, -0.2) is 13.1 Å². The average molecular weight is 383 g/mol. The first-order valence-electron chi connectivity index (χ1n) is 7.62. The molecule has 2 rings (SSSR count). The molecule has 0 radical (unpaired) electrons. The molecule has 0 spiro atoms. The van der Waals surface area contributed by atoms with Gasteiger partial charge in [-0.2, -0.15) is 0 Å². The summed E-state index contributed by atoms with van der Waals surface area (Å²) >= 11 is 0. The first-order chi connectivity index (χ1) is 12.2. The number of hydrogen-bond donors (Lipinski definition) is 1. The van der Waals surface area contributed by atoms with E-state index in [0.29, 0.717) is 17.2 Å². The maximum absolute atomic E-state index is 12.4. The number of amides is 1. The molecule has 1 N–H and O–H groups in total. The molecule has 0 fully saturated rings. The van der Waals surface area contributed by atoms with Crippen LogP contribution in [0.1, 0.15) is 11.5 Å². The van der Waals surface area contributed by atoms with Crippen LogP contribution in [-0.4, -0.2) is 47.3 Å². The lowest BCUT2D eigenvalue weighted by Crippen LogP contribution is -2.38. The summed E-state index contributed by atoms with van der Waals surface area (Å²) in [5, 5.41) is 3.61. The zero-order valence-corrected chi connectivity index (χ0v) is 16.0. The minimum absolute atomic E-state index is 0.0564. The third-order valence-electron chi connectivity index (χ3n) is 3.78. The smallest absolute Gasteiger partial charge is 0.246 e. The molecule has 0 aliphatic heterocycles. The molecule has 1 heterocycles. The van der Waals surface area contributed by atoms with Crippen molar-refractivity contribution in [2.24, 2.45) is 0 Å². The number of benzene rings is 1. The molecule has 0 bridgehead atoms. The third kappa shape index (κ3) is 3.97. The van der Waals surface area contributed by atoms with Crippen LogP contribution < -0.4 is 19.1 Å². The molecule has 10 heteroatoms. The highest BCUT2D eigenvalue weighted by Gasteiger charge is 2.25. The summed E-state index contributed by atoms with van der Waals surface area (Å²) in [4.78, 5) is 13.6. The number of anilines is 1. The van der Waals surface area contributed by atoms with E-state index in [1.165, 1.54) is 40.0 Å². The van der Waals surface area contributed by atoms with Gasteiger partial charge in [0.15, 0.2) is 17.3 Å². The molecular formula is C16H21N3O6S. The normalized spacial score (nSPS) is 11.3. The largest absolute Gasteiger partial charge is 0.493 e. The van der Waals surface area contributed by atoms with Gasteiger partial charge in [-0.1, -0.05) is 5.16 Å². The molecule has 0 saturated heterocycles. The first-order valence-corrected chi connectivity index (χ1v) is 9.10. The van der Waals surface area contributed by atoms with Crippen molar-refractivity contribution in [3.8, 4) is 11.5 Å². The Labute approximate surface area is 151 Å². The van der Waals surface area contributed by atoms with Crippen molar-refractivity contribution in [3.63, 3.8) is 0 Å². The lowest BCUT2D eigenvalue weighted by atomic mass is 10.2. The summed E-state index contributed by atoms with van der Waals surface area (Å²) in [5.74, 6) is 0.695. The second-order valence-corrected chi connectivity index (χ2v) is 7.17. The number of aryl methyl sites for hydroxylation is 2. The van der Waals surface area contributed by atoms with E-state index in [0.717, 1.165) is 0 Å². The first kappa shape index (κ1) is 19.7. The summed E-state index contributed by atoms with van der Waals surface area (Å²) in [6, 6.07) is 4.95. The van der Waals surface area contributed by atoms with E-state index in [1.54, 1.807) is 18.2 Å². The van der Waals surface area contributed by atoms with Gasteiger partial charge in [-0.3, -0.25) is 4.79 Å². The lowest BCUT2D eigenvalue weighted by molar-refractivity contribution is -0.117. The van der Waals surface area contributed by atoms with Gasteiger partial charge in [0.25, 0.3) is 0 Å². The zero-order chi connectivity index (χ0) is 19.5. The molecule has 1 aromatic carbocycles. The Balaban J connectivity index is 2.12. The highest BCUT2D eigenvalue weighted by Crippen LogP contribution is 2.31. The van der Waals surface area contributed by atoms with Crippen LogP contribution in [0.4, 0.5) is 5.69 Å². The fraction of sp³-hybridized carbons (Fsp3) is 0.375. The summed E-state index contributed by atoms with van der Waals surface area (Å²) in [6.45, 7) is 2.59. The Bertz CT molecular complexity index is 887. The molecule has 2 aromatic rings. The van der Waals surface area contributed by atoms with Gasteiger partial charge < -0.3 is 18.9 Å². The second-order valence-electron chi connectivity index (χ2n) is 5.47. The number of aromatic nitrogens is 1. The number of hydrogen-bond acceptors (Lipinski definition) is 7. The highest BCUT2D eigenvalue weighted by molar-refractivity contribution is 7.89. The van der Waals surface area contributed by atoms with Gasteiger partial charge in [0.2, 0.25) is 15.9 Å². The Morgan fingerprint density at radius 1 is 1.23 bits per heavy atom. The van der Waals surface area contributed by atoms with Gasteiger partial charge in [0.05, 0.1) is 20.8 Å². The van der Waals surface area contributed by atoms with Crippen LogP contribution in [0.5, 0.6) is 11.5 Å². The van der Waals surface area contributed by atoms with Gasteiger partial charge >= 0.3 is 0 Å². The molecule has 0 aliphatic carbocycles. The molecular weight excluding hydrogens is 362 g/mol. The molecule has 1 aromatic heterocycles. The summed E-state index contributed by atoms with van der Waals surface area (Å²) in [7, 11) is 0.622. The third-order valence-corrected chi connectivity index (χ3v) is 5.42. The number of nitrogens with one attached hydrogen (secondary N) is 1. The average Bonchev–Trinajstić information content (AvgIpc) is 2.97. The van der Waals surface area contributed by atoms with Crippen molar-refractivity contribution in [1.29, 1.82) is 0 Å². The predicted molar refractivity (Wildman–Crippen MR) is 94.1 cm³/mol. The van der Waals surface area contributed by atoms with E-state index < -0.39 is 22.5 Å². The van der Waals surface area contributed by atoms with E-state index in [9.17, 15) is 13.2 Å². The number of nitrogens with zero attached hydrogens (tertiary/aromatic N) is 2. The highest BCUT2D eigenvalue weighted by atomic mass is 32.2. The molecule has 0 unspecified atom stereocenters. The zero-order valence-electron chi connectivity index (χ0n) is 15.2. The number of carbonyl (C=O) groups is 1. The van der Waals surface area contributed by atoms with E-state index in [4.69, 9.17) is 14.0 Å². The van der Waals surface area contributed by atoms with Crippen molar-refractivity contribution in [1.82, 2.24) is 9.88 Å². The Morgan fingerprint density at radius 3 is 2.42 bits per heavy atom. The lowest BCUT2D eigenvalue weighted by Gasteiger charge is -2.19. The van der Waals surface area contributed by atoms with Crippen molar-refractivity contribution in [2.75, 3.05) is 32.7 Å². The van der Waals surface area contributed by atoms with Gasteiger partial charge in [0, 0.05) is 18.8 Å². The maximum atomic E-state index is 12.4. The van der Waals surface area contributed by atoms with Crippen LogP contribution in [0.25, 0.3) is 0 Å². The van der Waals surface area contributed by atoms with Crippen LogP contribution in [0, 0.1) is 13.8 Å². The number of methoxy groups -OCH3 is 2. The number of likely N-dealkylation sites (N-methyl/N-ethyl adjacent to an activating group) is 1. The quantitative estimate of drug-likeness (QED) is 0.766. The van der Waals surface area contributed by atoms with Crippen LogP contribution in [0.2, 0.25) is 0 Å². The molecule has 26 heavy (non-hydrogen) atoms. The summed E-state index contributed by atoms with van der Waals surface area (Å²) < 4.78 is 42.2. The van der Waals surface area contributed by atoms with Crippen molar-refractivity contribution in [2.45, 2.75) is 18.7 Å². The molecule has 142 valence electrons. The molecule has 9 nitrogen and oxygen atoms in total. The molecule has 0 saturated carbocycles. The molecule has 0 aliphatic rings. The molecule has 1 amide bonds. The molecule has 0 atom stereocenters. The van der Waals surface area contributed by atoms with Gasteiger partial charge in [-0.05, 0) is 26.0 Å². The Morgan fingerprint density at radius 2 is 1.88 bits per heavy atom. The Hall–Kier alpha value is -2.59. The minimum Gasteiger partial charge on any atom is -0.493 e. The van der Waals surface area contributed by atoms with Crippen LogP contribution in [0.3, 0.4) is 0 Å². The number of rotatable bonds is 7. The second kappa shape index (κ2) is 7.75. The predicted octanol–water partition coefficient (Wildman–Crippen LogP) is 1.25. The monoisotopic (exact) mass is 383 g/mol. The van der Waals surface area contributed by atoms with Crippen molar-refractivity contribution >= 4 is 21.6 Å². The fourth-order valence-electron chi connectivity index (χ4n) is 2.38. The standard InChI is InChI=1S/C16H21N3O6S/c1-10-16(11(2)25-18-10)26(21,22)17-9-15(20)19(3)12-6-7-13(23-4)14(8-12)24-5/h6-8,17H,9H2,1-5H3. The topological polar surface area (TPSA) is 111 Å². The van der Waals surface area contributed by atoms with Gasteiger partial charge in [0.1, 0.15) is 10.6 Å². The number of carbonyl (C=O) groups excluding carboxylic acids is 1. The van der Waals surface area contributed by atoms with Crippen LogP contribution in [0.15, 0.2) is 27.6 Å². The maximum Gasteiger partial charge on any atom is 0.246 e. The van der Waals surface area contributed by atoms with Gasteiger partial charge in [-0.15, -0.1) is 0 Å². The minimum atomic E-state index is -3.91.